The number of benzene rings is 1. The van der Waals surface area contributed by atoms with Crippen molar-refractivity contribution in [2.45, 2.75) is 11.3 Å². The van der Waals surface area contributed by atoms with Crippen molar-refractivity contribution >= 4 is 15.8 Å². The van der Waals surface area contributed by atoms with Gasteiger partial charge in [0.25, 0.3) is 10.0 Å². The van der Waals surface area contributed by atoms with Crippen molar-refractivity contribution < 1.29 is 17.6 Å². The quantitative estimate of drug-likeness (QED) is 0.800. The lowest BCUT2D eigenvalue weighted by molar-refractivity contribution is -0.115. The molecule has 1 aromatic carbocycles. The van der Waals surface area contributed by atoms with E-state index in [1.807, 2.05) is 0 Å². The number of allylic oxidation sites excluding steroid dienone is 1. The molecular formula is C11H10FNO3S. The molecule has 0 aliphatic carbocycles. The molecular weight excluding hydrogens is 245 g/mol. The topological polar surface area (TPSA) is 54.5 Å². The first-order valence-corrected chi connectivity index (χ1v) is 6.42. The van der Waals surface area contributed by atoms with E-state index in [1.54, 1.807) is 0 Å². The Labute approximate surface area is 98.4 Å². The fourth-order valence-electron chi connectivity index (χ4n) is 1.49. The summed E-state index contributed by atoms with van der Waals surface area (Å²) in [5.41, 5.74) is 0. The zero-order valence-electron chi connectivity index (χ0n) is 8.84. The van der Waals surface area contributed by atoms with Gasteiger partial charge in [0, 0.05) is 19.2 Å². The number of halogens is 1. The van der Waals surface area contributed by atoms with Crippen LogP contribution in [0.25, 0.3) is 0 Å². The lowest BCUT2D eigenvalue weighted by atomic mass is 10.2. The van der Waals surface area contributed by atoms with Crippen LogP contribution in [0.15, 0.2) is 41.4 Å². The standard InChI is InChI=1S/C11H10FNO3S/c12-9-1-3-11(4-2-9)17(15,16)13-7-5-10(14)6-8-13/h1-5,7H,6,8H2. The highest BCUT2D eigenvalue weighted by Crippen LogP contribution is 2.18. The van der Waals surface area contributed by atoms with E-state index in [1.165, 1.54) is 24.4 Å². The number of carbonyl (C=O) groups is 1. The van der Waals surface area contributed by atoms with Crippen LogP contribution in [0.5, 0.6) is 0 Å². The van der Waals surface area contributed by atoms with Crippen molar-refractivity contribution in [2.24, 2.45) is 0 Å². The number of sulfonamides is 1. The Morgan fingerprint density at radius 3 is 2.35 bits per heavy atom. The van der Waals surface area contributed by atoms with Gasteiger partial charge in [-0.25, -0.2) is 12.8 Å². The second-order valence-electron chi connectivity index (χ2n) is 3.60. The van der Waals surface area contributed by atoms with Gasteiger partial charge < -0.3 is 0 Å². The molecule has 1 aliphatic heterocycles. The summed E-state index contributed by atoms with van der Waals surface area (Å²) in [4.78, 5) is 11.0. The number of nitrogens with zero attached hydrogens (tertiary/aromatic N) is 1. The van der Waals surface area contributed by atoms with Crippen LogP contribution in [0.2, 0.25) is 0 Å². The summed E-state index contributed by atoms with van der Waals surface area (Å²) < 4.78 is 37.9. The molecule has 4 nitrogen and oxygen atoms in total. The molecule has 0 unspecified atom stereocenters. The summed E-state index contributed by atoms with van der Waals surface area (Å²) in [6.45, 7) is 0.120. The van der Waals surface area contributed by atoms with E-state index in [2.05, 4.69) is 0 Å². The Balaban J connectivity index is 2.34. The zero-order valence-corrected chi connectivity index (χ0v) is 9.65. The van der Waals surface area contributed by atoms with E-state index < -0.39 is 15.8 Å². The van der Waals surface area contributed by atoms with E-state index in [9.17, 15) is 17.6 Å². The lowest BCUT2D eigenvalue weighted by Crippen LogP contribution is -2.30. The molecule has 1 heterocycles. The highest BCUT2D eigenvalue weighted by molar-refractivity contribution is 7.89. The van der Waals surface area contributed by atoms with Gasteiger partial charge in [0.15, 0.2) is 5.78 Å². The third-order valence-corrected chi connectivity index (χ3v) is 4.22. The predicted octanol–water partition coefficient (Wildman–Crippen LogP) is 1.30. The van der Waals surface area contributed by atoms with Crippen LogP contribution in [-0.2, 0) is 14.8 Å². The Bertz CT molecular complexity index is 563. The fraction of sp³-hybridized carbons (Fsp3) is 0.182. The van der Waals surface area contributed by atoms with E-state index in [-0.39, 0.29) is 23.6 Å². The Kier molecular flexibility index (Phi) is 2.97. The van der Waals surface area contributed by atoms with E-state index in [4.69, 9.17) is 0 Å². The predicted molar refractivity (Wildman–Crippen MR) is 59.1 cm³/mol. The summed E-state index contributed by atoms with van der Waals surface area (Å²) in [5, 5.41) is 0. The molecule has 0 N–H and O–H groups in total. The Hall–Kier alpha value is -1.69. The smallest absolute Gasteiger partial charge is 0.263 e. The minimum atomic E-state index is -3.67. The molecule has 1 aliphatic rings. The van der Waals surface area contributed by atoms with Crippen LogP contribution >= 0.6 is 0 Å². The molecule has 0 bridgehead atoms. The molecule has 6 heteroatoms. The minimum Gasteiger partial charge on any atom is -0.295 e. The van der Waals surface area contributed by atoms with E-state index >= 15 is 0 Å². The second-order valence-corrected chi connectivity index (χ2v) is 5.49. The van der Waals surface area contributed by atoms with Gasteiger partial charge in [0.05, 0.1) is 4.90 Å². The van der Waals surface area contributed by atoms with Crippen LogP contribution in [0.3, 0.4) is 0 Å². The fourth-order valence-corrected chi connectivity index (χ4v) is 2.79. The second kappa shape index (κ2) is 4.29. The molecule has 0 saturated heterocycles. The normalized spacial score (nSPS) is 16.3. The first-order valence-electron chi connectivity index (χ1n) is 4.98. The van der Waals surface area contributed by atoms with Gasteiger partial charge in [0.1, 0.15) is 5.82 Å². The molecule has 17 heavy (non-hydrogen) atoms. The average Bonchev–Trinajstić information content (AvgIpc) is 2.30. The number of carbonyl (C=O) groups excluding carboxylic acids is 1. The summed E-state index contributed by atoms with van der Waals surface area (Å²) in [7, 11) is -3.67. The average molecular weight is 255 g/mol. The van der Waals surface area contributed by atoms with Crippen LogP contribution in [0.4, 0.5) is 4.39 Å². The van der Waals surface area contributed by atoms with Gasteiger partial charge in [-0.2, -0.15) is 0 Å². The van der Waals surface area contributed by atoms with Crippen LogP contribution in [0, 0.1) is 5.82 Å². The van der Waals surface area contributed by atoms with E-state index in [0.717, 1.165) is 16.4 Å². The third kappa shape index (κ3) is 2.36. The third-order valence-electron chi connectivity index (χ3n) is 2.43. The SMILES string of the molecule is O=C1C=CN(S(=O)(=O)c2ccc(F)cc2)CC1. The zero-order chi connectivity index (χ0) is 12.5. The molecule has 0 saturated carbocycles. The Morgan fingerprint density at radius 1 is 1.18 bits per heavy atom. The summed E-state index contributed by atoms with van der Waals surface area (Å²) in [6.07, 6.45) is 2.63. The van der Waals surface area contributed by atoms with Crippen LogP contribution < -0.4 is 0 Å². The summed E-state index contributed by atoms with van der Waals surface area (Å²) in [5.74, 6) is -0.594. The highest BCUT2D eigenvalue weighted by Gasteiger charge is 2.24. The number of hydrogen-bond acceptors (Lipinski definition) is 3. The molecule has 0 spiro atoms. The highest BCUT2D eigenvalue weighted by atomic mass is 32.2. The van der Waals surface area contributed by atoms with Crippen molar-refractivity contribution in [3.63, 3.8) is 0 Å². The minimum absolute atomic E-state index is 0.0119. The van der Waals surface area contributed by atoms with Gasteiger partial charge >= 0.3 is 0 Å². The van der Waals surface area contributed by atoms with Crippen molar-refractivity contribution in [1.82, 2.24) is 4.31 Å². The molecule has 1 aromatic rings. The molecule has 0 atom stereocenters. The Morgan fingerprint density at radius 2 is 1.82 bits per heavy atom. The van der Waals surface area contributed by atoms with Gasteiger partial charge in [0.2, 0.25) is 0 Å². The largest absolute Gasteiger partial charge is 0.295 e. The molecule has 0 radical (unpaired) electrons. The summed E-state index contributed by atoms with van der Waals surface area (Å²) in [6, 6.07) is 4.58. The first kappa shape index (κ1) is 11.8. The number of rotatable bonds is 2. The molecule has 2 rings (SSSR count). The van der Waals surface area contributed by atoms with Gasteiger partial charge in [-0.05, 0) is 30.3 Å². The lowest BCUT2D eigenvalue weighted by Gasteiger charge is -2.22. The van der Waals surface area contributed by atoms with E-state index in [0.29, 0.717) is 0 Å². The van der Waals surface area contributed by atoms with Crippen LogP contribution in [-0.4, -0.2) is 25.1 Å². The maximum atomic E-state index is 12.7. The van der Waals surface area contributed by atoms with Gasteiger partial charge in [-0.15, -0.1) is 0 Å². The van der Waals surface area contributed by atoms with Crippen LogP contribution in [0.1, 0.15) is 6.42 Å². The maximum Gasteiger partial charge on any atom is 0.263 e. The van der Waals surface area contributed by atoms with Crippen molar-refractivity contribution in [3.8, 4) is 0 Å². The van der Waals surface area contributed by atoms with Crippen molar-refractivity contribution in [3.05, 3.63) is 42.4 Å². The molecule has 0 aromatic heterocycles. The number of ketones is 1. The maximum absolute atomic E-state index is 12.7. The van der Waals surface area contributed by atoms with Gasteiger partial charge in [-0.1, -0.05) is 0 Å². The molecule has 0 fully saturated rings. The summed E-state index contributed by atoms with van der Waals surface area (Å²) >= 11 is 0. The molecule has 90 valence electrons. The van der Waals surface area contributed by atoms with Crippen molar-refractivity contribution in [2.75, 3.05) is 6.54 Å². The van der Waals surface area contributed by atoms with Gasteiger partial charge in [-0.3, -0.25) is 9.10 Å². The number of hydrogen-bond donors (Lipinski definition) is 0. The monoisotopic (exact) mass is 255 g/mol. The van der Waals surface area contributed by atoms with Crippen molar-refractivity contribution in [1.29, 1.82) is 0 Å². The first-order chi connectivity index (χ1) is 8.00. The molecule has 0 amide bonds.